The Labute approximate surface area is 329 Å². The molecular weight excluding hydrogens is 729 g/mol. The average molecular weight is 775 g/mol. The van der Waals surface area contributed by atoms with Crippen LogP contribution in [0, 0.1) is 0 Å². The molecule has 0 spiro atoms. The molecule has 2 aliphatic heterocycles. The molecule has 2 saturated heterocycles. The van der Waals surface area contributed by atoms with Crippen LogP contribution in [0.25, 0.3) is 0 Å². The molecule has 0 unspecified atom stereocenters. The number of pyridine rings is 2. The molecule has 0 bridgehead atoms. The Morgan fingerprint density at radius 3 is 1.25 bits per heavy atom. The quantitative estimate of drug-likeness (QED) is 0.137. The molecule has 7 rings (SSSR count). The van der Waals surface area contributed by atoms with Gasteiger partial charge in [-0.25, -0.2) is 9.59 Å². The van der Waals surface area contributed by atoms with E-state index in [0.29, 0.717) is 57.9 Å². The van der Waals surface area contributed by atoms with E-state index < -0.39 is 40.5 Å². The summed E-state index contributed by atoms with van der Waals surface area (Å²) in [6.07, 6.45) is 0. The van der Waals surface area contributed by atoms with Gasteiger partial charge < -0.3 is 49.3 Å². The number of esters is 2. The molecule has 0 aliphatic carbocycles. The van der Waals surface area contributed by atoms with Crippen LogP contribution >= 0.6 is 0 Å². The second-order valence-electron chi connectivity index (χ2n) is 13.8. The number of rotatable bonds is 11. The summed E-state index contributed by atoms with van der Waals surface area (Å²) in [5, 5.41) is 24.3. The summed E-state index contributed by atoms with van der Waals surface area (Å²) in [5.41, 5.74) is -0.519. The number of anilines is 4. The van der Waals surface area contributed by atoms with Gasteiger partial charge in [-0.3, -0.25) is 9.59 Å². The molecule has 4 N–H and O–H groups in total. The Balaban J connectivity index is 1.34. The van der Waals surface area contributed by atoms with Gasteiger partial charge in [0.2, 0.25) is 0 Å². The Kier molecular flexibility index (Phi) is 11.5. The van der Waals surface area contributed by atoms with Crippen molar-refractivity contribution in [1.29, 1.82) is 0 Å². The predicted molar refractivity (Wildman–Crippen MR) is 218 cm³/mol. The number of aromatic hydroxyl groups is 2. The fourth-order valence-corrected chi connectivity index (χ4v) is 7.76. The number of hydrogen-bond acceptors (Lipinski definition) is 12. The largest absolute Gasteiger partial charge is 0.506 e. The summed E-state index contributed by atoms with van der Waals surface area (Å²) in [7, 11) is 0. The Bertz CT molecular complexity index is 2170. The molecule has 2 fully saturated rings. The van der Waals surface area contributed by atoms with Crippen LogP contribution in [-0.2, 0) is 9.47 Å². The molecule has 2 aromatic heterocycles. The SMILES string of the molecule is CCOC(=O)c1c(N2CCN(c3ccccc3)CC2)[nH]c(=O)c(C(c2ccccc2)c2c(O)c(C(=O)OCC)c(N3CCN(c4ccccc4)CC3)[nH]c2=O)c1O. The van der Waals surface area contributed by atoms with Crippen molar-refractivity contribution in [2.75, 3.05) is 85.2 Å². The van der Waals surface area contributed by atoms with Crippen LogP contribution in [0.3, 0.4) is 0 Å². The van der Waals surface area contributed by atoms with Crippen LogP contribution in [0.2, 0.25) is 0 Å². The lowest BCUT2D eigenvalue weighted by molar-refractivity contribution is 0.0513. The minimum absolute atomic E-state index is 0.0134. The fraction of sp³-hybridized carbons (Fsp3) is 0.302. The number of ether oxygens (including phenoxy) is 2. The number of piperazine rings is 2. The molecule has 5 aromatic rings. The number of nitrogens with one attached hydrogen (secondary N) is 2. The third kappa shape index (κ3) is 7.75. The highest BCUT2D eigenvalue weighted by Crippen LogP contribution is 2.43. The van der Waals surface area contributed by atoms with E-state index in [9.17, 15) is 29.4 Å². The van der Waals surface area contributed by atoms with E-state index in [2.05, 4.69) is 19.8 Å². The second-order valence-corrected chi connectivity index (χ2v) is 13.8. The van der Waals surface area contributed by atoms with Gasteiger partial charge in [0.05, 0.1) is 30.3 Å². The molecule has 14 nitrogen and oxygen atoms in total. The van der Waals surface area contributed by atoms with Crippen LogP contribution in [0.4, 0.5) is 23.0 Å². The van der Waals surface area contributed by atoms with E-state index >= 15 is 0 Å². The molecule has 14 heteroatoms. The summed E-state index contributed by atoms with van der Waals surface area (Å²) >= 11 is 0. The van der Waals surface area contributed by atoms with Crippen molar-refractivity contribution in [3.05, 3.63) is 140 Å². The van der Waals surface area contributed by atoms with Crippen molar-refractivity contribution in [2.24, 2.45) is 0 Å². The maximum Gasteiger partial charge on any atom is 0.345 e. The summed E-state index contributed by atoms with van der Waals surface area (Å²) in [4.78, 5) is 69.9. The van der Waals surface area contributed by atoms with Crippen molar-refractivity contribution >= 4 is 34.9 Å². The first kappa shape index (κ1) is 38.6. The van der Waals surface area contributed by atoms with Crippen molar-refractivity contribution in [2.45, 2.75) is 19.8 Å². The predicted octanol–water partition coefficient (Wildman–Crippen LogP) is 4.66. The third-order valence-electron chi connectivity index (χ3n) is 10.5. The zero-order valence-electron chi connectivity index (χ0n) is 31.9. The number of para-hydroxylation sites is 2. The first-order valence-corrected chi connectivity index (χ1v) is 19.2. The fourth-order valence-electron chi connectivity index (χ4n) is 7.76. The van der Waals surface area contributed by atoms with Gasteiger partial charge in [0, 0.05) is 63.7 Å². The number of aromatic nitrogens is 2. The number of H-pyrrole nitrogens is 2. The van der Waals surface area contributed by atoms with Crippen LogP contribution < -0.4 is 30.7 Å². The van der Waals surface area contributed by atoms with Crippen molar-refractivity contribution in [1.82, 2.24) is 9.97 Å². The smallest absolute Gasteiger partial charge is 0.345 e. The molecule has 57 heavy (non-hydrogen) atoms. The van der Waals surface area contributed by atoms with E-state index in [4.69, 9.17) is 9.47 Å². The van der Waals surface area contributed by atoms with E-state index in [-0.39, 0.29) is 47.1 Å². The zero-order valence-corrected chi connectivity index (χ0v) is 31.9. The van der Waals surface area contributed by atoms with Gasteiger partial charge in [-0.1, -0.05) is 66.7 Å². The molecule has 0 radical (unpaired) electrons. The van der Waals surface area contributed by atoms with Crippen molar-refractivity contribution < 1.29 is 29.3 Å². The third-order valence-corrected chi connectivity index (χ3v) is 10.5. The van der Waals surface area contributed by atoms with Gasteiger partial charge in [-0.2, -0.15) is 0 Å². The monoisotopic (exact) mass is 774 g/mol. The van der Waals surface area contributed by atoms with E-state index in [1.54, 1.807) is 44.2 Å². The zero-order chi connectivity index (χ0) is 40.1. The van der Waals surface area contributed by atoms with Crippen LogP contribution in [0.1, 0.15) is 57.2 Å². The van der Waals surface area contributed by atoms with Gasteiger partial charge in [-0.05, 0) is 43.7 Å². The van der Waals surface area contributed by atoms with Crippen LogP contribution in [-0.4, -0.2) is 97.7 Å². The standard InChI is InChI=1S/C43H46N6O8/c1-3-56-42(54)34-36(50)32(40(52)44-38(34)48-24-20-46(21-25-48)29-16-10-6-11-17-29)31(28-14-8-5-9-15-28)33-37(51)35(43(55)57-4-2)39(45-41(33)53)49-26-22-47(23-27-49)30-18-12-7-13-19-30/h5-19,31H,3-4,20-27H2,1-2H3,(H2,44,50,52)(H2,45,51,53). The summed E-state index contributed by atoms with van der Waals surface area (Å²) < 4.78 is 10.8. The van der Waals surface area contributed by atoms with Gasteiger partial charge in [0.15, 0.2) is 0 Å². The topological polar surface area (TPSA) is 172 Å². The second kappa shape index (κ2) is 17.0. The van der Waals surface area contributed by atoms with Crippen LogP contribution in [0.15, 0.2) is 101 Å². The lowest BCUT2D eigenvalue weighted by atomic mass is 9.83. The van der Waals surface area contributed by atoms with Gasteiger partial charge >= 0.3 is 11.9 Å². The number of carbonyl (C=O) groups is 2. The Hall–Kier alpha value is -6.70. The van der Waals surface area contributed by atoms with Crippen molar-refractivity contribution in [3.8, 4) is 11.5 Å². The van der Waals surface area contributed by atoms with Gasteiger partial charge in [0.1, 0.15) is 34.3 Å². The summed E-state index contributed by atoms with van der Waals surface area (Å²) in [6.45, 7) is 7.12. The maximum atomic E-state index is 14.4. The lowest BCUT2D eigenvalue weighted by Crippen LogP contribution is -2.48. The van der Waals surface area contributed by atoms with Gasteiger partial charge in [0.25, 0.3) is 11.1 Å². The molecule has 0 saturated carbocycles. The summed E-state index contributed by atoms with van der Waals surface area (Å²) in [6, 6.07) is 28.1. The highest BCUT2D eigenvalue weighted by atomic mass is 16.5. The Morgan fingerprint density at radius 2 is 0.895 bits per heavy atom. The average Bonchev–Trinajstić information content (AvgIpc) is 3.24. The van der Waals surface area contributed by atoms with Crippen LogP contribution in [0.5, 0.6) is 11.5 Å². The lowest BCUT2D eigenvalue weighted by Gasteiger charge is -2.38. The molecular formula is C43H46N6O8. The Morgan fingerprint density at radius 1 is 0.561 bits per heavy atom. The molecule has 0 amide bonds. The minimum Gasteiger partial charge on any atom is -0.506 e. The molecule has 296 valence electrons. The number of benzene rings is 3. The van der Waals surface area contributed by atoms with E-state index in [1.807, 2.05) is 70.5 Å². The molecule has 2 aliphatic rings. The number of carbonyl (C=O) groups excluding carboxylic acids is 2. The first-order chi connectivity index (χ1) is 27.7. The van der Waals surface area contributed by atoms with Crippen molar-refractivity contribution in [3.63, 3.8) is 0 Å². The first-order valence-electron chi connectivity index (χ1n) is 19.2. The van der Waals surface area contributed by atoms with E-state index in [0.717, 1.165) is 11.4 Å². The highest BCUT2D eigenvalue weighted by molar-refractivity contribution is 6.00. The number of hydrogen-bond donors (Lipinski definition) is 4. The number of nitrogens with zero attached hydrogens (tertiary/aromatic N) is 4. The highest BCUT2D eigenvalue weighted by Gasteiger charge is 2.38. The van der Waals surface area contributed by atoms with Gasteiger partial charge in [-0.15, -0.1) is 0 Å². The molecule has 0 atom stereocenters. The number of aromatic amines is 2. The maximum absolute atomic E-state index is 14.4. The molecule has 3 aromatic carbocycles. The normalized spacial score (nSPS) is 14.5. The summed E-state index contributed by atoms with van der Waals surface area (Å²) in [5.74, 6) is -4.46. The molecule has 4 heterocycles. The minimum atomic E-state index is -1.45. The van der Waals surface area contributed by atoms with E-state index in [1.165, 1.54) is 0 Å².